The average molecular weight is 212 g/mol. The van der Waals surface area contributed by atoms with E-state index in [1.807, 2.05) is 27.8 Å². The maximum absolute atomic E-state index is 11.8. The molecule has 1 heterocycles. The van der Waals surface area contributed by atoms with Gasteiger partial charge in [-0.3, -0.25) is 14.5 Å². The Morgan fingerprint density at radius 1 is 1.27 bits per heavy atom. The lowest BCUT2D eigenvalue weighted by Crippen LogP contribution is -2.37. The minimum Gasteiger partial charge on any atom is -0.319 e. The molecule has 0 spiro atoms. The Bertz CT molecular complexity index is 245. The highest BCUT2D eigenvalue weighted by Crippen LogP contribution is 2.25. The minimum atomic E-state index is -0.153. The Labute approximate surface area is 91.0 Å². The highest BCUT2D eigenvalue weighted by atomic mass is 16.2. The predicted octanol–water partition coefficient (Wildman–Crippen LogP) is 0.483. The molecule has 2 amide bonds. The number of amides is 2. The first kappa shape index (κ1) is 12.2. The predicted molar refractivity (Wildman–Crippen MR) is 58.1 cm³/mol. The van der Waals surface area contributed by atoms with Gasteiger partial charge < -0.3 is 5.32 Å². The number of carbonyl (C=O) groups is 2. The maximum Gasteiger partial charge on any atom is 0.232 e. The lowest BCUT2D eigenvalue weighted by molar-refractivity contribution is -0.140. The number of likely N-dealkylation sites (tertiary alicyclic amines) is 1. The van der Waals surface area contributed by atoms with Crippen LogP contribution in [0.4, 0.5) is 0 Å². The zero-order valence-electron chi connectivity index (χ0n) is 9.91. The molecule has 3 unspecified atom stereocenters. The number of nitrogens with zero attached hydrogens (tertiary/aromatic N) is 1. The summed E-state index contributed by atoms with van der Waals surface area (Å²) in [5.74, 6) is -0.0372. The molecule has 1 aliphatic heterocycles. The third-order valence-electron chi connectivity index (χ3n) is 3.11. The molecule has 15 heavy (non-hydrogen) atoms. The second-order valence-electron chi connectivity index (χ2n) is 4.53. The Morgan fingerprint density at radius 2 is 1.73 bits per heavy atom. The van der Waals surface area contributed by atoms with Crippen LogP contribution < -0.4 is 5.32 Å². The quantitative estimate of drug-likeness (QED) is 0.690. The molecule has 86 valence electrons. The van der Waals surface area contributed by atoms with E-state index in [2.05, 4.69) is 5.32 Å². The van der Waals surface area contributed by atoms with Gasteiger partial charge in [-0.25, -0.2) is 0 Å². The van der Waals surface area contributed by atoms with Crippen LogP contribution in [-0.2, 0) is 9.59 Å². The van der Waals surface area contributed by atoms with E-state index in [1.54, 1.807) is 0 Å². The Kier molecular flexibility index (Phi) is 3.85. The van der Waals surface area contributed by atoms with Gasteiger partial charge in [0.15, 0.2) is 0 Å². The van der Waals surface area contributed by atoms with Gasteiger partial charge in [0.25, 0.3) is 0 Å². The van der Waals surface area contributed by atoms with E-state index in [0.29, 0.717) is 12.5 Å². The first-order valence-corrected chi connectivity index (χ1v) is 5.48. The highest BCUT2D eigenvalue weighted by molar-refractivity contribution is 6.04. The zero-order valence-corrected chi connectivity index (χ0v) is 9.91. The van der Waals surface area contributed by atoms with Crippen LogP contribution in [0.25, 0.3) is 0 Å². The van der Waals surface area contributed by atoms with Crippen LogP contribution in [0.3, 0.4) is 0 Å². The minimum absolute atomic E-state index is 0.0181. The van der Waals surface area contributed by atoms with Crippen LogP contribution in [0.5, 0.6) is 0 Å². The van der Waals surface area contributed by atoms with Crippen LogP contribution in [0.15, 0.2) is 0 Å². The number of hydrogen-bond donors (Lipinski definition) is 1. The van der Waals surface area contributed by atoms with E-state index in [0.717, 1.165) is 6.54 Å². The van der Waals surface area contributed by atoms with Crippen molar-refractivity contribution in [3.8, 4) is 0 Å². The van der Waals surface area contributed by atoms with Crippen LogP contribution in [0.1, 0.15) is 20.8 Å². The molecule has 1 N–H and O–H groups in total. The van der Waals surface area contributed by atoms with E-state index in [1.165, 1.54) is 4.90 Å². The SMILES string of the molecule is CNCC(C)CN1C(=O)C(C)C(C)C1=O. The average Bonchev–Trinajstić information content (AvgIpc) is 2.36. The monoisotopic (exact) mass is 212 g/mol. The zero-order chi connectivity index (χ0) is 11.6. The summed E-state index contributed by atoms with van der Waals surface area (Å²) in [6, 6.07) is 0. The standard InChI is InChI=1S/C11H20N2O2/c1-7(5-12-4)6-13-10(14)8(2)9(3)11(13)15/h7-9,12H,5-6H2,1-4H3. The van der Waals surface area contributed by atoms with E-state index in [4.69, 9.17) is 0 Å². The molecule has 3 atom stereocenters. The molecule has 4 heteroatoms. The lowest BCUT2D eigenvalue weighted by atomic mass is 10.00. The summed E-state index contributed by atoms with van der Waals surface area (Å²) < 4.78 is 0. The van der Waals surface area contributed by atoms with Crippen LogP contribution >= 0.6 is 0 Å². The fourth-order valence-corrected chi connectivity index (χ4v) is 1.93. The van der Waals surface area contributed by atoms with Crippen LogP contribution in [0.2, 0.25) is 0 Å². The highest BCUT2D eigenvalue weighted by Gasteiger charge is 2.42. The fourth-order valence-electron chi connectivity index (χ4n) is 1.93. The van der Waals surface area contributed by atoms with E-state index in [9.17, 15) is 9.59 Å². The number of imide groups is 1. The summed E-state index contributed by atoms with van der Waals surface area (Å²) in [6.45, 7) is 7.04. The largest absolute Gasteiger partial charge is 0.319 e. The van der Waals surface area contributed by atoms with Crippen molar-refractivity contribution in [1.82, 2.24) is 10.2 Å². The second-order valence-corrected chi connectivity index (χ2v) is 4.53. The van der Waals surface area contributed by atoms with Crippen molar-refractivity contribution in [2.45, 2.75) is 20.8 Å². The smallest absolute Gasteiger partial charge is 0.232 e. The maximum atomic E-state index is 11.8. The third kappa shape index (κ3) is 2.37. The molecule has 0 aromatic heterocycles. The molecule has 1 fully saturated rings. The van der Waals surface area contributed by atoms with Gasteiger partial charge in [0, 0.05) is 18.4 Å². The summed E-state index contributed by atoms with van der Waals surface area (Å²) in [5.41, 5.74) is 0. The van der Waals surface area contributed by atoms with Gasteiger partial charge in [0.2, 0.25) is 11.8 Å². The van der Waals surface area contributed by atoms with Crippen molar-refractivity contribution in [3.05, 3.63) is 0 Å². The molecule has 0 saturated carbocycles. The number of nitrogens with one attached hydrogen (secondary N) is 1. The molecule has 4 nitrogen and oxygen atoms in total. The van der Waals surface area contributed by atoms with Gasteiger partial charge in [0.05, 0.1) is 0 Å². The van der Waals surface area contributed by atoms with Gasteiger partial charge in [-0.2, -0.15) is 0 Å². The molecule has 0 radical (unpaired) electrons. The van der Waals surface area contributed by atoms with Gasteiger partial charge >= 0.3 is 0 Å². The Morgan fingerprint density at radius 3 is 2.13 bits per heavy atom. The van der Waals surface area contributed by atoms with Crippen molar-refractivity contribution >= 4 is 11.8 Å². The molecular formula is C11H20N2O2. The van der Waals surface area contributed by atoms with Gasteiger partial charge in [-0.15, -0.1) is 0 Å². The van der Waals surface area contributed by atoms with Crippen molar-refractivity contribution in [1.29, 1.82) is 0 Å². The molecule has 0 aromatic rings. The van der Waals surface area contributed by atoms with E-state index in [-0.39, 0.29) is 23.7 Å². The number of carbonyl (C=O) groups excluding carboxylic acids is 2. The Balaban J connectivity index is 2.62. The molecule has 0 aliphatic carbocycles. The molecule has 1 rings (SSSR count). The summed E-state index contributed by atoms with van der Waals surface area (Å²) in [7, 11) is 1.87. The Hall–Kier alpha value is -0.900. The van der Waals surface area contributed by atoms with E-state index < -0.39 is 0 Å². The van der Waals surface area contributed by atoms with Crippen molar-refractivity contribution in [3.63, 3.8) is 0 Å². The van der Waals surface area contributed by atoms with Crippen molar-refractivity contribution in [2.24, 2.45) is 17.8 Å². The van der Waals surface area contributed by atoms with Gasteiger partial charge in [-0.05, 0) is 19.5 Å². The van der Waals surface area contributed by atoms with Crippen LogP contribution in [-0.4, -0.2) is 36.9 Å². The molecule has 0 aromatic carbocycles. The summed E-state index contributed by atoms with van der Waals surface area (Å²) in [6.07, 6.45) is 0. The van der Waals surface area contributed by atoms with E-state index >= 15 is 0 Å². The number of rotatable bonds is 4. The molecular weight excluding hydrogens is 192 g/mol. The van der Waals surface area contributed by atoms with Crippen molar-refractivity contribution < 1.29 is 9.59 Å². The topological polar surface area (TPSA) is 49.4 Å². The summed E-state index contributed by atoms with van der Waals surface area (Å²) >= 11 is 0. The normalized spacial score (nSPS) is 28.7. The first-order valence-electron chi connectivity index (χ1n) is 5.48. The van der Waals surface area contributed by atoms with Gasteiger partial charge in [-0.1, -0.05) is 20.8 Å². The first-order chi connectivity index (χ1) is 6.99. The molecule has 1 saturated heterocycles. The van der Waals surface area contributed by atoms with Crippen LogP contribution in [0, 0.1) is 17.8 Å². The van der Waals surface area contributed by atoms with Crippen molar-refractivity contribution in [2.75, 3.05) is 20.1 Å². The lowest BCUT2D eigenvalue weighted by Gasteiger charge is -2.19. The second kappa shape index (κ2) is 4.75. The number of hydrogen-bond acceptors (Lipinski definition) is 3. The fraction of sp³-hybridized carbons (Fsp3) is 0.818. The summed E-state index contributed by atoms with van der Waals surface area (Å²) in [4.78, 5) is 24.9. The molecule has 1 aliphatic rings. The summed E-state index contributed by atoms with van der Waals surface area (Å²) in [5, 5.41) is 3.04. The molecule has 0 bridgehead atoms. The van der Waals surface area contributed by atoms with Gasteiger partial charge in [0.1, 0.15) is 0 Å². The third-order valence-corrected chi connectivity index (χ3v) is 3.11.